The first-order valence-corrected chi connectivity index (χ1v) is 8.08. The summed E-state index contributed by atoms with van der Waals surface area (Å²) in [5, 5.41) is 3.66. The molecule has 1 N–H and O–H groups in total. The molecule has 0 spiro atoms. The first-order valence-electron chi connectivity index (χ1n) is 7.29. The van der Waals surface area contributed by atoms with Crippen LogP contribution in [0, 0.1) is 6.92 Å². The van der Waals surface area contributed by atoms with Gasteiger partial charge in [0.05, 0.1) is 6.61 Å². The highest BCUT2D eigenvalue weighted by atomic mass is 79.9. The summed E-state index contributed by atoms with van der Waals surface area (Å²) in [6, 6.07) is 8.68. The van der Waals surface area contributed by atoms with Gasteiger partial charge >= 0.3 is 0 Å². The molecule has 2 heterocycles. The quantitative estimate of drug-likeness (QED) is 0.906. The molecule has 3 rings (SSSR count). The number of hydrogen-bond acceptors (Lipinski definition) is 3. The molecule has 0 fully saturated rings. The first-order chi connectivity index (χ1) is 10.2. The van der Waals surface area contributed by atoms with E-state index < -0.39 is 0 Å². The molecule has 3 nitrogen and oxygen atoms in total. The molecule has 4 heteroatoms. The monoisotopic (exact) mass is 346 g/mol. The SMILES string of the molecule is Cc1ccncc1CNC1CCCOc2cc(Br)ccc21. The average Bonchev–Trinajstić information content (AvgIpc) is 2.68. The fraction of sp³-hybridized carbons (Fsp3) is 0.353. The van der Waals surface area contributed by atoms with Crippen LogP contribution in [0.1, 0.15) is 35.6 Å². The molecule has 1 aromatic carbocycles. The topological polar surface area (TPSA) is 34.2 Å². The fourth-order valence-corrected chi connectivity index (χ4v) is 3.01. The number of benzene rings is 1. The number of hydrogen-bond donors (Lipinski definition) is 1. The molecule has 0 aliphatic carbocycles. The predicted molar refractivity (Wildman–Crippen MR) is 87.4 cm³/mol. The number of nitrogens with one attached hydrogen (secondary N) is 1. The smallest absolute Gasteiger partial charge is 0.125 e. The zero-order valence-electron chi connectivity index (χ0n) is 12.1. The summed E-state index contributed by atoms with van der Waals surface area (Å²) >= 11 is 3.51. The molecule has 0 radical (unpaired) electrons. The van der Waals surface area contributed by atoms with E-state index in [9.17, 15) is 0 Å². The number of nitrogens with zero attached hydrogens (tertiary/aromatic N) is 1. The highest BCUT2D eigenvalue weighted by Gasteiger charge is 2.19. The lowest BCUT2D eigenvalue weighted by molar-refractivity contribution is 0.315. The Morgan fingerprint density at radius 3 is 3.14 bits per heavy atom. The van der Waals surface area contributed by atoms with Gasteiger partial charge in [0.25, 0.3) is 0 Å². The van der Waals surface area contributed by atoms with E-state index in [0.717, 1.165) is 36.2 Å². The van der Waals surface area contributed by atoms with Crippen LogP contribution in [0.2, 0.25) is 0 Å². The van der Waals surface area contributed by atoms with Crippen LogP contribution in [0.15, 0.2) is 41.1 Å². The van der Waals surface area contributed by atoms with E-state index in [4.69, 9.17) is 4.74 Å². The third-order valence-corrected chi connectivity index (χ3v) is 4.43. The third-order valence-electron chi connectivity index (χ3n) is 3.93. The van der Waals surface area contributed by atoms with Crippen molar-refractivity contribution in [2.75, 3.05) is 6.61 Å². The molecule has 110 valence electrons. The van der Waals surface area contributed by atoms with E-state index in [2.05, 4.69) is 57.4 Å². The lowest BCUT2D eigenvalue weighted by atomic mass is 10.0. The average molecular weight is 347 g/mol. The Kier molecular flexibility index (Phi) is 4.56. The molecule has 21 heavy (non-hydrogen) atoms. The maximum Gasteiger partial charge on any atom is 0.125 e. The Hall–Kier alpha value is -1.39. The van der Waals surface area contributed by atoms with Crippen molar-refractivity contribution in [3.05, 3.63) is 57.8 Å². The lowest BCUT2D eigenvalue weighted by Gasteiger charge is -2.19. The van der Waals surface area contributed by atoms with Crippen LogP contribution >= 0.6 is 15.9 Å². The Morgan fingerprint density at radius 1 is 1.38 bits per heavy atom. The molecule has 1 aromatic heterocycles. The molecule has 0 amide bonds. The number of halogens is 1. The van der Waals surface area contributed by atoms with Crippen molar-refractivity contribution in [1.82, 2.24) is 10.3 Å². The minimum atomic E-state index is 0.329. The number of aryl methyl sites for hydroxylation is 1. The van der Waals surface area contributed by atoms with Gasteiger partial charge in [-0.25, -0.2) is 0 Å². The van der Waals surface area contributed by atoms with E-state index in [1.54, 1.807) is 0 Å². The standard InChI is InChI=1S/C17H19BrN2O/c1-12-6-7-19-10-13(12)11-20-16-3-2-8-21-17-9-14(18)4-5-15(16)17/h4-7,9-10,16,20H,2-3,8,11H2,1H3. The Balaban J connectivity index is 1.78. The zero-order chi connectivity index (χ0) is 14.7. The van der Waals surface area contributed by atoms with Crippen LogP contribution in [-0.4, -0.2) is 11.6 Å². The van der Waals surface area contributed by atoms with E-state index in [1.807, 2.05) is 12.4 Å². The minimum absolute atomic E-state index is 0.329. The molecular weight excluding hydrogens is 328 g/mol. The first kappa shape index (κ1) is 14.5. The van der Waals surface area contributed by atoms with Crippen LogP contribution < -0.4 is 10.1 Å². The van der Waals surface area contributed by atoms with E-state index in [-0.39, 0.29) is 0 Å². The van der Waals surface area contributed by atoms with Gasteiger partial charge in [0.2, 0.25) is 0 Å². The van der Waals surface area contributed by atoms with Crippen molar-refractivity contribution in [2.24, 2.45) is 0 Å². The van der Waals surface area contributed by atoms with E-state index >= 15 is 0 Å². The maximum absolute atomic E-state index is 5.85. The Bertz CT molecular complexity index is 630. The van der Waals surface area contributed by atoms with E-state index in [1.165, 1.54) is 16.7 Å². The summed E-state index contributed by atoms with van der Waals surface area (Å²) in [5.41, 5.74) is 3.77. The van der Waals surface area contributed by atoms with Crippen LogP contribution in [0.5, 0.6) is 5.75 Å². The van der Waals surface area contributed by atoms with Crippen molar-refractivity contribution >= 4 is 15.9 Å². The van der Waals surface area contributed by atoms with Gasteiger partial charge in [-0.05, 0) is 49.1 Å². The van der Waals surface area contributed by atoms with Crippen molar-refractivity contribution in [1.29, 1.82) is 0 Å². The minimum Gasteiger partial charge on any atom is -0.493 e. The molecule has 1 aliphatic rings. The molecule has 2 aromatic rings. The summed E-state index contributed by atoms with van der Waals surface area (Å²) in [6.45, 7) is 3.74. The molecular formula is C17H19BrN2O. The lowest BCUT2D eigenvalue weighted by Crippen LogP contribution is -2.21. The van der Waals surface area contributed by atoms with Crippen LogP contribution in [0.4, 0.5) is 0 Å². The molecule has 0 bridgehead atoms. The second kappa shape index (κ2) is 6.58. The fourth-order valence-electron chi connectivity index (χ4n) is 2.67. The second-order valence-electron chi connectivity index (χ2n) is 5.41. The maximum atomic E-state index is 5.85. The molecule has 0 saturated heterocycles. The van der Waals surface area contributed by atoms with E-state index in [0.29, 0.717) is 6.04 Å². The van der Waals surface area contributed by atoms with Gasteiger partial charge in [-0.1, -0.05) is 22.0 Å². The van der Waals surface area contributed by atoms with Crippen molar-refractivity contribution in [2.45, 2.75) is 32.4 Å². The molecule has 1 atom stereocenters. The van der Waals surface area contributed by atoms with Gasteiger partial charge in [-0.2, -0.15) is 0 Å². The predicted octanol–water partition coefficient (Wildman–Crippen LogP) is 4.16. The summed E-state index contributed by atoms with van der Waals surface area (Å²) in [5.74, 6) is 0.988. The number of ether oxygens (including phenoxy) is 1. The van der Waals surface area contributed by atoms with Crippen LogP contribution in [-0.2, 0) is 6.54 Å². The van der Waals surface area contributed by atoms with Gasteiger partial charge < -0.3 is 10.1 Å². The van der Waals surface area contributed by atoms with Gasteiger partial charge in [0.1, 0.15) is 5.75 Å². The zero-order valence-corrected chi connectivity index (χ0v) is 13.7. The van der Waals surface area contributed by atoms with Crippen LogP contribution in [0.25, 0.3) is 0 Å². The number of pyridine rings is 1. The van der Waals surface area contributed by atoms with Gasteiger partial charge in [0, 0.05) is 35.0 Å². The van der Waals surface area contributed by atoms with Crippen LogP contribution in [0.3, 0.4) is 0 Å². The van der Waals surface area contributed by atoms with Gasteiger partial charge in [0.15, 0.2) is 0 Å². The summed E-state index contributed by atoms with van der Waals surface area (Å²) in [7, 11) is 0. The number of aromatic nitrogens is 1. The summed E-state index contributed by atoms with van der Waals surface area (Å²) < 4.78 is 6.91. The number of fused-ring (bicyclic) bond motifs is 1. The highest BCUT2D eigenvalue weighted by Crippen LogP contribution is 2.33. The highest BCUT2D eigenvalue weighted by molar-refractivity contribution is 9.10. The van der Waals surface area contributed by atoms with Crippen molar-refractivity contribution in [3.8, 4) is 5.75 Å². The second-order valence-corrected chi connectivity index (χ2v) is 6.32. The van der Waals surface area contributed by atoms with Gasteiger partial charge in [-0.15, -0.1) is 0 Å². The van der Waals surface area contributed by atoms with Crippen molar-refractivity contribution in [3.63, 3.8) is 0 Å². The number of rotatable bonds is 3. The Morgan fingerprint density at radius 2 is 2.29 bits per heavy atom. The molecule has 1 unspecified atom stereocenters. The molecule has 0 saturated carbocycles. The molecule has 1 aliphatic heterocycles. The summed E-state index contributed by atoms with van der Waals surface area (Å²) in [4.78, 5) is 4.21. The third kappa shape index (κ3) is 3.44. The van der Waals surface area contributed by atoms with Gasteiger partial charge in [-0.3, -0.25) is 4.98 Å². The van der Waals surface area contributed by atoms with Crippen molar-refractivity contribution < 1.29 is 4.74 Å². The largest absolute Gasteiger partial charge is 0.493 e. The Labute approximate surface area is 133 Å². The normalized spacial score (nSPS) is 17.7. The summed E-state index contributed by atoms with van der Waals surface area (Å²) in [6.07, 6.45) is 5.94.